The summed E-state index contributed by atoms with van der Waals surface area (Å²) in [5, 5.41) is 1.25. The van der Waals surface area contributed by atoms with E-state index in [-0.39, 0.29) is 4.90 Å². The van der Waals surface area contributed by atoms with E-state index < -0.39 is 10.0 Å². The number of aromatic nitrogens is 1. The molecule has 0 spiro atoms. The van der Waals surface area contributed by atoms with E-state index in [4.69, 9.17) is 4.37 Å². The van der Waals surface area contributed by atoms with E-state index in [9.17, 15) is 8.42 Å². The summed E-state index contributed by atoms with van der Waals surface area (Å²) in [4.78, 5) is 5.14. The molecular formula is C25H26N4O2S2. The number of nitrogens with zero attached hydrogens (tertiary/aromatic N) is 3. The molecule has 1 fully saturated rings. The Morgan fingerprint density at radius 2 is 1.55 bits per heavy atom. The molecule has 0 saturated carbocycles. The Balaban J connectivity index is 1.13. The van der Waals surface area contributed by atoms with Gasteiger partial charge in [-0.15, -0.1) is 0 Å². The standard InChI is InChI=1S/C25H26N4O2S2/c30-33(31,22-6-2-1-3-7-22)27-21-12-10-20(11-13-21)14-15-28-16-18-29(19-17-28)25-23-8-4-5-9-24(23)32-26-25/h1-13,27H,14-19H2. The average Bonchev–Trinajstić information content (AvgIpc) is 3.29. The maximum absolute atomic E-state index is 12.5. The van der Waals surface area contributed by atoms with Crippen LogP contribution in [0.4, 0.5) is 11.5 Å². The molecule has 6 nitrogen and oxygen atoms in total. The van der Waals surface area contributed by atoms with Gasteiger partial charge in [0, 0.05) is 43.8 Å². The average molecular weight is 479 g/mol. The molecule has 0 amide bonds. The van der Waals surface area contributed by atoms with Crippen LogP contribution in [0.25, 0.3) is 10.1 Å². The van der Waals surface area contributed by atoms with Crippen LogP contribution >= 0.6 is 11.5 Å². The number of fused-ring (bicyclic) bond motifs is 1. The van der Waals surface area contributed by atoms with Crippen molar-refractivity contribution in [1.82, 2.24) is 9.27 Å². The van der Waals surface area contributed by atoms with Gasteiger partial charge in [0.25, 0.3) is 10.0 Å². The molecule has 0 bridgehead atoms. The molecule has 5 rings (SSSR count). The quantitative estimate of drug-likeness (QED) is 0.425. The van der Waals surface area contributed by atoms with Gasteiger partial charge in [0.15, 0.2) is 0 Å². The maximum Gasteiger partial charge on any atom is 0.261 e. The lowest BCUT2D eigenvalue weighted by molar-refractivity contribution is 0.261. The molecule has 1 N–H and O–H groups in total. The van der Waals surface area contributed by atoms with Crippen LogP contribution in [0.5, 0.6) is 0 Å². The number of hydrogen-bond acceptors (Lipinski definition) is 6. The van der Waals surface area contributed by atoms with Crippen LogP contribution in [-0.2, 0) is 16.4 Å². The summed E-state index contributed by atoms with van der Waals surface area (Å²) in [5.41, 5.74) is 1.78. The lowest BCUT2D eigenvalue weighted by atomic mass is 10.1. The number of sulfonamides is 1. The van der Waals surface area contributed by atoms with E-state index in [1.54, 1.807) is 41.9 Å². The number of anilines is 2. The molecule has 0 aliphatic carbocycles. The first-order valence-corrected chi connectivity index (χ1v) is 13.3. The fourth-order valence-electron chi connectivity index (χ4n) is 4.12. The Morgan fingerprint density at radius 1 is 0.848 bits per heavy atom. The van der Waals surface area contributed by atoms with Crippen molar-refractivity contribution in [1.29, 1.82) is 0 Å². The third kappa shape index (κ3) is 5.03. The lowest BCUT2D eigenvalue weighted by Gasteiger charge is -2.35. The summed E-state index contributed by atoms with van der Waals surface area (Å²) in [7, 11) is -3.56. The largest absolute Gasteiger partial charge is 0.353 e. The monoisotopic (exact) mass is 478 g/mol. The predicted octanol–water partition coefficient (Wildman–Crippen LogP) is 4.46. The van der Waals surface area contributed by atoms with Gasteiger partial charge in [0.05, 0.1) is 9.60 Å². The molecule has 0 unspecified atom stereocenters. The molecule has 1 aliphatic heterocycles. The minimum Gasteiger partial charge on any atom is -0.353 e. The zero-order chi connectivity index (χ0) is 22.7. The van der Waals surface area contributed by atoms with Gasteiger partial charge < -0.3 is 4.90 Å². The Morgan fingerprint density at radius 3 is 2.30 bits per heavy atom. The van der Waals surface area contributed by atoms with Gasteiger partial charge in [-0.1, -0.05) is 42.5 Å². The first-order chi connectivity index (χ1) is 16.1. The lowest BCUT2D eigenvalue weighted by Crippen LogP contribution is -2.47. The summed E-state index contributed by atoms with van der Waals surface area (Å²) in [6.07, 6.45) is 0.936. The number of benzene rings is 3. The van der Waals surface area contributed by atoms with Gasteiger partial charge in [-0.3, -0.25) is 9.62 Å². The van der Waals surface area contributed by atoms with E-state index in [1.807, 2.05) is 24.3 Å². The smallest absolute Gasteiger partial charge is 0.261 e. The van der Waals surface area contributed by atoms with Crippen LogP contribution in [0.15, 0.2) is 83.8 Å². The minimum atomic E-state index is -3.56. The summed E-state index contributed by atoms with van der Waals surface area (Å²) in [6, 6.07) is 24.5. The van der Waals surface area contributed by atoms with E-state index in [1.165, 1.54) is 15.6 Å². The number of hydrogen-bond donors (Lipinski definition) is 1. The van der Waals surface area contributed by atoms with Crippen LogP contribution < -0.4 is 9.62 Å². The van der Waals surface area contributed by atoms with Gasteiger partial charge in [-0.05, 0) is 59.9 Å². The van der Waals surface area contributed by atoms with Crippen molar-refractivity contribution in [2.45, 2.75) is 11.3 Å². The van der Waals surface area contributed by atoms with E-state index in [2.05, 4.69) is 38.8 Å². The third-order valence-corrected chi connectivity index (χ3v) is 8.22. The molecule has 2 heterocycles. The first-order valence-electron chi connectivity index (χ1n) is 11.1. The van der Waals surface area contributed by atoms with Crippen molar-refractivity contribution in [3.8, 4) is 0 Å². The fraction of sp³-hybridized carbons (Fsp3) is 0.240. The second-order valence-electron chi connectivity index (χ2n) is 8.20. The van der Waals surface area contributed by atoms with E-state index >= 15 is 0 Å². The van der Waals surface area contributed by atoms with Crippen LogP contribution in [0.1, 0.15) is 5.56 Å². The van der Waals surface area contributed by atoms with Crippen LogP contribution in [0.2, 0.25) is 0 Å². The summed E-state index contributed by atoms with van der Waals surface area (Å²) in [6.45, 7) is 4.98. The zero-order valence-corrected chi connectivity index (χ0v) is 19.9. The van der Waals surface area contributed by atoms with Crippen LogP contribution in [0, 0.1) is 0 Å². The molecule has 1 aliphatic rings. The van der Waals surface area contributed by atoms with Gasteiger partial charge in [-0.2, -0.15) is 4.37 Å². The van der Waals surface area contributed by atoms with Crippen molar-refractivity contribution in [3.05, 3.63) is 84.4 Å². The Labute approximate surface area is 198 Å². The Kier molecular flexibility index (Phi) is 6.30. The number of piperazine rings is 1. The second-order valence-corrected chi connectivity index (χ2v) is 10.7. The molecule has 170 valence electrons. The van der Waals surface area contributed by atoms with Gasteiger partial charge in [-0.25, -0.2) is 8.42 Å². The topological polar surface area (TPSA) is 65.5 Å². The number of nitrogens with one attached hydrogen (secondary N) is 1. The zero-order valence-electron chi connectivity index (χ0n) is 18.2. The van der Waals surface area contributed by atoms with Crippen molar-refractivity contribution >= 4 is 43.1 Å². The highest BCUT2D eigenvalue weighted by atomic mass is 32.2. The first kappa shape index (κ1) is 21.9. The molecule has 4 aromatic rings. The van der Waals surface area contributed by atoms with Crippen molar-refractivity contribution in [2.75, 3.05) is 42.3 Å². The molecule has 3 aromatic carbocycles. The van der Waals surface area contributed by atoms with Gasteiger partial charge >= 0.3 is 0 Å². The van der Waals surface area contributed by atoms with Crippen LogP contribution in [0.3, 0.4) is 0 Å². The highest BCUT2D eigenvalue weighted by Crippen LogP contribution is 2.29. The molecule has 0 radical (unpaired) electrons. The van der Waals surface area contributed by atoms with Crippen LogP contribution in [-0.4, -0.2) is 50.4 Å². The predicted molar refractivity (Wildman–Crippen MR) is 136 cm³/mol. The van der Waals surface area contributed by atoms with Gasteiger partial charge in [0.2, 0.25) is 0 Å². The normalized spacial score (nSPS) is 15.1. The highest BCUT2D eigenvalue weighted by molar-refractivity contribution is 7.92. The fourth-order valence-corrected chi connectivity index (χ4v) is 6.00. The van der Waals surface area contributed by atoms with Crippen molar-refractivity contribution in [2.24, 2.45) is 0 Å². The molecule has 1 aromatic heterocycles. The molecule has 0 atom stereocenters. The molecule has 1 saturated heterocycles. The summed E-state index contributed by atoms with van der Waals surface area (Å²) >= 11 is 1.57. The molecular weight excluding hydrogens is 452 g/mol. The van der Waals surface area contributed by atoms with Crippen molar-refractivity contribution < 1.29 is 8.42 Å². The molecule has 33 heavy (non-hydrogen) atoms. The summed E-state index contributed by atoms with van der Waals surface area (Å²) < 4.78 is 33.5. The number of rotatable bonds is 7. The SMILES string of the molecule is O=S(=O)(Nc1ccc(CCN2CCN(c3nsc4ccccc34)CC2)cc1)c1ccccc1. The summed E-state index contributed by atoms with van der Waals surface area (Å²) in [5.74, 6) is 1.11. The Hall–Kier alpha value is -2.94. The van der Waals surface area contributed by atoms with E-state index in [0.717, 1.165) is 45.0 Å². The van der Waals surface area contributed by atoms with Crippen molar-refractivity contribution in [3.63, 3.8) is 0 Å². The third-order valence-electron chi connectivity index (χ3n) is 6.01. The second kappa shape index (κ2) is 9.51. The maximum atomic E-state index is 12.5. The highest BCUT2D eigenvalue weighted by Gasteiger charge is 2.20. The van der Waals surface area contributed by atoms with Gasteiger partial charge in [0.1, 0.15) is 5.82 Å². The van der Waals surface area contributed by atoms with E-state index in [0.29, 0.717) is 5.69 Å². The Bertz CT molecular complexity index is 1310. The molecule has 8 heteroatoms. The minimum absolute atomic E-state index is 0.263.